The Morgan fingerprint density at radius 1 is 1.53 bits per heavy atom. The van der Waals surface area contributed by atoms with Crippen molar-refractivity contribution in [1.82, 2.24) is 0 Å². The van der Waals surface area contributed by atoms with Crippen molar-refractivity contribution in [2.45, 2.75) is 12.5 Å². The molecule has 0 aromatic rings. The van der Waals surface area contributed by atoms with Crippen LogP contribution in [0.2, 0.25) is 0 Å². The van der Waals surface area contributed by atoms with Crippen LogP contribution in [-0.2, 0) is 14.3 Å². The van der Waals surface area contributed by atoms with Crippen molar-refractivity contribution in [2.75, 3.05) is 6.79 Å². The summed E-state index contributed by atoms with van der Waals surface area (Å²) in [6.45, 7) is 4.25. The lowest BCUT2D eigenvalue weighted by Gasteiger charge is -2.37. The molecule has 1 heterocycles. The Hall–Kier alpha value is -1.81. The molecule has 0 saturated carbocycles. The van der Waals surface area contributed by atoms with Gasteiger partial charge in [0.25, 0.3) is 0 Å². The molecule has 4 heteroatoms. The summed E-state index contributed by atoms with van der Waals surface area (Å²) in [6.07, 6.45) is 7.82. The van der Waals surface area contributed by atoms with Gasteiger partial charge in [-0.05, 0) is 23.6 Å². The van der Waals surface area contributed by atoms with Crippen LogP contribution in [0.5, 0.6) is 0 Å². The summed E-state index contributed by atoms with van der Waals surface area (Å²) in [5.41, 5.74) is 6.40. The zero-order valence-electron chi connectivity index (χ0n) is 9.31. The summed E-state index contributed by atoms with van der Waals surface area (Å²) in [5, 5.41) is 0. The second-order valence-electron chi connectivity index (χ2n) is 4.43. The first-order chi connectivity index (χ1) is 8.15. The molecule has 2 aliphatic carbocycles. The van der Waals surface area contributed by atoms with Gasteiger partial charge in [-0.2, -0.15) is 0 Å². The lowest BCUT2D eigenvalue weighted by atomic mass is 9.66. The summed E-state index contributed by atoms with van der Waals surface area (Å²) in [6, 6.07) is 0. The van der Waals surface area contributed by atoms with Gasteiger partial charge in [0.2, 0.25) is 5.91 Å². The van der Waals surface area contributed by atoms with Crippen molar-refractivity contribution in [1.29, 1.82) is 0 Å². The van der Waals surface area contributed by atoms with E-state index in [1.165, 1.54) is 0 Å². The Bertz CT molecular complexity index is 501. The predicted molar refractivity (Wildman–Crippen MR) is 61.5 cm³/mol. The van der Waals surface area contributed by atoms with Gasteiger partial charge in [-0.1, -0.05) is 24.8 Å². The van der Waals surface area contributed by atoms with E-state index in [9.17, 15) is 4.79 Å². The van der Waals surface area contributed by atoms with Gasteiger partial charge in [-0.25, -0.2) is 0 Å². The molecule has 0 aromatic heterocycles. The first-order valence-electron chi connectivity index (χ1n) is 5.49. The molecule has 1 aliphatic heterocycles. The van der Waals surface area contributed by atoms with Crippen molar-refractivity contribution in [3.63, 3.8) is 0 Å². The number of ether oxygens (including phenoxy) is 2. The number of allylic oxidation sites excluding steroid dienone is 3. The fraction of sp³-hybridized carbons (Fsp3) is 0.308. The highest BCUT2D eigenvalue weighted by molar-refractivity contribution is 5.90. The van der Waals surface area contributed by atoms with Crippen LogP contribution in [0.15, 0.2) is 47.8 Å². The standard InChI is InChI=1S/C13H13NO3/c1-8-9(13(12(14)15)5-2-6-13)3-4-10-11(8)17-7-16-10/h2-5,11H,1,6-7H2,(H2,14,15). The van der Waals surface area contributed by atoms with Gasteiger partial charge in [0.15, 0.2) is 6.79 Å². The van der Waals surface area contributed by atoms with Crippen LogP contribution in [0.3, 0.4) is 0 Å². The number of carbonyl (C=O) groups is 1. The minimum Gasteiger partial charge on any atom is -0.469 e. The predicted octanol–water partition coefficient (Wildman–Crippen LogP) is 1.17. The second-order valence-corrected chi connectivity index (χ2v) is 4.43. The normalized spacial score (nSPS) is 34.4. The fourth-order valence-corrected chi connectivity index (χ4v) is 2.45. The van der Waals surface area contributed by atoms with Crippen molar-refractivity contribution in [2.24, 2.45) is 11.1 Å². The largest absolute Gasteiger partial charge is 0.469 e. The van der Waals surface area contributed by atoms with E-state index in [4.69, 9.17) is 15.2 Å². The van der Waals surface area contributed by atoms with Crippen LogP contribution < -0.4 is 5.73 Å². The molecule has 0 spiro atoms. The van der Waals surface area contributed by atoms with Crippen LogP contribution in [-0.4, -0.2) is 18.8 Å². The Morgan fingerprint density at radius 2 is 2.29 bits per heavy atom. The number of primary amides is 1. The molecular formula is C13H13NO3. The van der Waals surface area contributed by atoms with Crippen molar-refractivity contribution >= 4 is 5.91 Å². The summed E-state index contributed by atoms with van der Waals surface area (Å²) >= 11 is 0. The van der Waals surface area contributed by atoms with Crippen LogP contribution in [0, 0.1) is 5.41 Å². The number of amides is 1. The number of fused-ring (bicyclic) bond motifs is 1. The molecule has 2 atom stereocenters. The molecule has 2 N–H and O–H groups in total. The number of carbonyl (C=O) groups excluding carboxylic acids is 1. The summed E-state index contributed by atoms with van der Waals surface area (Å²) in [4.78, 5) is 11.6. The van der Waals surface area contributed by atoms with Gasteiger partial charge in [-0.3, -0.25) is 4.79 Å². The van der Waals surface area contributed by atoms with Gasteiger partial charge in [-0.15, -0.1) is 0 Å². The van der Waals surface area contributed by atoms with E-state index >= 15 is 0 Å². The van der Waals surface area contributed by atoms with Crippen molar-refractivity contribution < 1.29 is 14.3 Å². The topological polar surface area (TPSA) is 61.6 Å². The number of hydrogen-bond acceptors (Lipinski definition) is 3. The molecule has 0 bridgehead atoms. The highest BCUT2D eigenvalue weighted by atomic mass is 16.7. The quantitative estimate of drug-likeness (QED) is 0.726. The van der Waals surface area contributed by atoms with Gasteiger partial charge >= 0.3 is 0 Å². The molecule has 0 radical (unpaired) electrons. The Labute approximate surface area is 99.1 Å². The molecule has 1 amide bonds. The molecule has 88 valence electrons. The van der Waals surface area contributed by atoms with E-state index in [1.54, 1.807) is 0 Å². The number of nitrogens with two attached hydrogens (primary N) is 1. The van der Waals surface area contributed by atoms with Gasteiger partial charge in [0.1, 0.15) is 11.9 Å². The van der Waals surface area contributed by atoms with E-state index in [2.05, 4.69) is 6.58 Å². The summed E-state index contributed by atoms with van der Waals surface area (Å²) in [5.74, 6) is 0.407. The zero-order chi connectivity index (χ0) is 12.0. The average molecular weight is 231 g/mol. The third kappa shape index (κ3) is 1.24. The molecular weight excluding hydrogens is 218 g/mol. The fourth-order valence-electron chi connectivity index (χ4n) is 2.45. The van der Waals surface area contributed by atoms with E-state index in [-0.39, 0.29) is 18.8 Å². The lowest BCUT2D eigenvalue weighted by molar-refractivity contribution is -0.124. The number of hydrogen-bond donors (Lipinski definition) is 1. The smallest absolute Gasteiger partial charge is 0.232 e. The summed E-state index contributed by atoms with van der Waals surface area (Å²) < 4.78 is 10.7. The molecule has 2 unspecified atom stereocenters. The third-order valence-corrected chi connectivity index (χ3v) is 3.56. The maximum Gasteiger partial charge on any atom is 0.232 e. The molecule has 3 aliphatic rings. The molecule has 17 heavy (non-hydrogen) atoms. The molecule has 3 rings (SSSR count). The Kier molecular flexibility index (Phi) is 2.03. The molecule has 1 saturated heterocycles. The molecule has 4 nitrogen and oxygen atoms in total. The van der Waals surface area contributed by atoms with Gasteiger partial charge in [0, 0.05) is 0 Å². The van der Waals surface area contributed by atoms with Crippen LogP contribution in [0.1, 0.15) is 6.42 Å². The summed E-state index contributed by atoms with van der Waals surface area (Å²) in [7, 11) is 0. The van der Waals surface area contributed by atoms with Crippen molar-refractivity contribution in [3.05, 3.63) is 47.8 Å². The van der Waals surface area contributed by atoms with Crippen LogP contribution in [0.4, 0.5) is 0 Å². The Morgan fingerprint density at radius 3 is 2.88 bits per heavy atom. The van der Waals surface area contributed by atoms with Gasteiger partial charge in [0.05, 0.1) is 5.41 Å². The highest BCUT2D eigenvalue weighted by Gasteiger charge is 2.46. The van der Waals surface area contributed by atoms with Crippen molar-refractivity contribution in [3.8, 4) is 0 Å². The van der Waals surface area contributed by atoms with E-state index in [0.717, 1.165) is 16.9 Å². The van der Waals surface area contributed by atoms with E-state index in [0.29, 0.717) is 6.42 Å². The molecule has 1 fully saturated rings. The van der Waals surface area contributed by atoms with E-state index in [1.807, 2.05) is 24.3 Å². The Balaban J connectivity index is 2.02. The minimum absolute atomic E-state index is 0.232. The third-order valence-electron chi connectivity index (χ3n) is 3.56. The van der Waals surface area contributed by atoms with Gasteiger partial charge < -0.3 is 15.2 Å². The van der Waals surface area contributed by atoms with E-state index < -0.39 is 5.41 Å². The minimum atomic E-state index is -0.703. The van der Waals surface area contributed by atoms with Crippen LogP contribution >= 0.6 is 0 Å². The number of rotatable bonds is 2. The first-order valence-corrected chi connectivity index (χ1v) is 5.49. The SMILES string of the molecule is C=C1C(C2(C(N)=O)C=CC2)=CC=C2OCOC12. The first kappa shape index (κ1) is 10.4. The zero-order valence-corrected chi connectivity index (χ0v) is 9.31. The average Bonchev–Trinajstić information content (AvgIpc) is 2.67. The van der Waals surface area contributed by atoms with Crippen LogP contribution in [0.25, 0.3) is 0 Å². The monoisotopic (exact) mass is 231 g/mol. The maximum absolute atomic E-state index is 11.6. The maximum atomic E-state index is 11.6. The highest BCUT2D eigenvalue weighted by Crippen LogP contribution is 2.47. The molecule has 0 aromatic carbocycles. The lowest BCUT2D eigenvalue weighted by Crippen LogP contribution is -2.42. The second kappa shape index (κ2) is 3.34.